The van der Waals surface area contributed by atoms with E-state index in [1.54, 1.807) is 19.2 Å². The molecule has 3 rings (SSSR count). The summed E-state index contributed by atoms with van der Waals surface area (Å²) in [6.45, 7) is 1.80. The van der Waals surface area contributed by atoms with Gasteiger partial charge in [-0.2, -0.15) is 5.10 Å². The van der Waals surface area contributed by atoms with Crippen LogP contribution in [0.2, 0.25) is 0 Å². The van der Waals surface area contributed by atoms with E-state index in [4.69, 9.17) is 9.47 Å². The highest BCUT2D eigenvalue weighted by Crippen LogP contribution is 2.34. The van der Waals surface area contributed by atoms with Gasteiger partial charge in [0.1, 0.15) is 18.3 Å². The van der Waals surface area contributed by atoms with Crippen LogP contribution >= 0.6 is 22.6 Å². The van der Waals surface area contributed by atoms with Crippen molar-refractivity contribution in [2.75, 3.05) is 12.4 Å². The lowest BCUT2D eigenvalue weighted by molar-refractivity contribution is -0.131. The van der Waals surface area contributed by atoms with Crippen LogP contribution in [0.15, 0.2) is 71.8 Å². The smallest absolute Gasteiger partial charge is 0.252 e. The lowest BCUT2D eigenvalue weighted by atomic mass is 10.1. The molecule has 3 aromatic carbocycles. The third-order valence-corrected chi connectivity index (χ3v) is 5.59. The fraction of sp³-hybridized carbons (Fsp3) is 0.160. The number of amides is 2. The first-order valence-electron chi connectivity index (χ1n) is 10.3. The highest BCUT2D eigenvalue weighted by atomic mass is 127. The normalized spacial score (nSPS) is 11.6. The summed E-state index contributed by atoms with van der Waals surface area (Å²) < 4.78 is 25.9. The molecule has 0 aliphatic heterocycles. The van der Waals surface area contributed by atoms with Crippen molar-refractivity contribution in [3.05, 3.63) is 87.2 Å². The summed E-state index contributed by atoms with van der Waals surface area (Å²) in [5.74, 6) is -1.82. The number of hydrogen-bond acceptors (Lipinski definition) is 5. The molecule has 0 spiro atoms. The SMILES string of the molecule is COc1cc(C=NNC(=O)C(C)C(=O)Nc2ccccc2F)cc(I)c1OCc1ccccc1. The molecular weight excluding hydrogens is 552 g/mol. The second-order valence-corrected chi connectivity index (χ2v) is 8.40. The quantitative estimate of drug-likeness (QED) is 0.167. The Bertz CT molecular complexity index is 1190. The number of carbonyl (C=O) groups is 2. The Morgan fingerprint density at radius 2 is 1.79 bits per heavy atom. The van der Waals surface area contributed by atoms with Gasteiger partial charge in [0.15, 0.2) is 11.5 Å². The van der Waals surface area contributed by atoms with Crippen molar-refractivity contribution in [1.82, 2.24) is 5.43 Å². The zero-order valence-corrected chi connectivity index (χ0v) is 20.7. The molecule has 0 saturated carbocycles. The second kappa shape index (κ2) is 12.1. The molecule has 2 N–H and O–H groups in total. The van der Waals surface area contributed by atoms with E-state index in [1.807, 2.05) is 36.4 Å². The van der Waals surface area contributed by atoms with Crippen LogP contribution in [0.25, 0.3) is 0 Å². The Morgan fingerprint density at radius 3 is 2.50 bits per heavy atom. The van der Waals surface area contributed by atoms with E-state index in [0.29, 0.717) is 23.7 Å². The molecule has 9 heteroatoms. The van der Waals surface area contributed by atoms with Gasteiger partial charge in [-0.25, -0.2) is 9.82 Å². The molecule has 7 nitrogen and oxygen atoms in total. The molecule has 0 radical (unpaired) electrons. The topological polar surface area (TPSA) is 89.0 Å². The molecule has 0 saturated heterocycles. The van der Waals surface area contributed by atoms with Crippen molar-refractivity contribution in [1.29, 1.82) is 0 Å². The summed E-state index contributed by atoms with van der Waals surface area (Å²) in [6.07, 6.45) is 1.44. The molecule has 0 heterocycles. The molecule has 3 aromatic rings. The largest absolute Gasteiger partial charge is 0.493 e. The molecule has 0 aliphatic carbocycles. The third-order valence-electron chi connectivity index (χ3n) is 4.78. The molecule has 0 bridgehead atoms. The zero-order chi connectivity index (χ0) is 24.5. The number of benzene rings is 3. The van der Waals surface area contributed by atoms with Gasteiger partial charge >= 0.3 is 0 Å². The molecule has 2 amide bonds. The Balaban J connectivity index is 1.61. The predicted molar refractivity (Wildman–Crippen MR) is 136 cm³/mol. The lowest BCUT2D eigenvalue weighted by Gasteiger charge is -2.14. The third kappa shape index (κ3) is 6.77. The molecule has 176 valence electrons. The van der Waals surface area contributed by atoms with E-state index >= 15 is 0 Å². The van der Waals surface area contributed by atoms with Gasteiger partial charge in [0.05, 0.1) is 22.6 Å². The summed E-state index contributed by atoms with van der Waals surface area (Å²) in [5, 5.41) is 6.32. The summed E-state index contributed by atoms with van der Waals surface area (Å²) in [4.78, 5) is 24.5. The number of ether oxygens (including phenoxy) is 2. The first kappa shape index (κ1) is 25.2. The maximum Gasteiger partial charge on any atom is 0.252 e. The minimum atomic E-state index is -1.08. The van der Waals surface area contributed by atoms with E-state index in [9.17, 15) is 14.0 Å². The monoisotopic (exact) mass is 575 g/mol. The van der Waals surface area contributed by atoms with Crippen LogP contribution in [-0.2, 0) is 16.2 Å². The molecular formula is C25H23FIN3O4. The summed E-state index contributed by atoms with van der Waals surface area (Å²) in [5.41, 5.74) is 4.03. The number of para-hydroxylation sites is 1. The maximum absolute atomic E-state index is 13.7. The molecule has 1 unspecified atom stereocenters. The van der Waals surface area contributed by atoms with Crippen LogP contribution in [0.4, 0.5) is 10.1 Å². The van der Waals surface area contributed by atoms with Gasteiger partial charge in [-0.3, -0.25) is 9.59 Å². The van der Waals surface area contributed by atoms with Crippen molar-refractivity contribution in [2.24, 2.45) is 11.0 Å². The highest BCUT2D eigenvalue weighted by Gasteiger charge is 2.22. The van der Waals surface area contributed by atoms with Gasteiger partial charge in [-0.05, 0) is 64.9 Å². The van der Waals surface area contributed by atoms with Crippen LogP contribution in [0.1, 0.15) is 18.1 Å². The molecule has 34 heavy (non-hydrogen) atoms. The number of halogens is 2. The Morgan fingerprint density at radius 1 is 1.09 bits per heavy atom. The van der Waals surface area contributed by atoms with Gasteiger partial charge < -0.3 is 14.8 Å². The average molecular weight is 575 g/mol. The first-order chi connectivity index (χ1) is 16.4. The van der Waals surface area contributed by atoms with Gasteiger partial charge in [0.25, 0.3) is 5.91 Å². The van der Waals surface area contributed by atoms with Crippen LogP contribution in [0.5, 0.6) is 11.5 Å². The number of nitrogens with one attached hydrogen (secondary N) is 2. The molecule has 1 atom stereocenters. The number of hydrogen-bond donors (Lipinski definition) is 2. The zero-order valence-electron chi connectivity index (χ0n) is 18.5. The molecule has 0 aliphatic rings. The fourth-order valence-corrected chi connectivity index (χ4v) is 3.66. The second-order valence-electron chi connectivity index (χ2n) is 7.23. The van der Waals surface area contributed by atoms with Crippen molar-refractivity contribution >= 4 is 46.3 Å². The molecule has 0 fully saturated rings. The average Bonchev–Trinajstić information content (AvgIpc) is 2.84. The summed E-state index contributed by atoms with van der Waals surface area (Å²) in [6, 6.07) is 19.1. The molecule has 0 aromatic heterocycles. The number of carbonyl (C=O) groups excluding carboxylic acids is 2. The van der Waals surface area contributed by atoms with Gasteiger partial charge in [0.2, 0.25) is 5.91 Å². The minimum Gasteiger partial charge on any atom is -0.493 e. The van der Waals surface area contributed by atoms with Crippen molar-refractivity contribution in [3.63, 3.8) is 0 Å². The van der Waals surface area contributed by atoms with E-state index in [1.165, 1.54) is 31.3 Å². The number of anilines is 1. The van der Waals surface area contributed by atoms with Gasteiger partial charge in [-0.1, -0.05) is 42.5 Å². The van der Waals surface area contributed by atoms with E-state index in [-0.39, 0.29) is 5.69 Å². The number of rotatable bonds is 9. The van der Waals surface area contributed by atoms with Crippen molar-refractivity contribution in [2.45, 2.75) is 13.5 Å². The van der Waals surface area contributed by atoms with Gasteiger partial charge in [-0.15, -0.1) is 0 Å². The van der Waals surface area contributed by atoms with Gasteiger partial charge in [0, 0.05) is 0 Å². The van der Waals surface area contributed by atoms with E-state index in [2.05, 4.69) is 38.4 Å². The minimum absolute atomic E-state index is 0.00638. The van der Waals surface area contributed by atoms with Crippen LogP contribution in [-0.4, -0.2) is 25.1 Å². The number of hydrazone groups is 1. The van der Waals surface area contributed by atoms with Crippen molar-refractivity contribution in [3.8, 4) is 11.5 Å². The summed E-state index contributed by atoms with van der Waals surface area (Å²) >= 11 is 2.14. The van der Waals surface area contributed by atoms with Crippen LogP contribution < -0.4 is 20.2 Å². The number of nitrogens with zero attached hydrogens (tertiary/aromatic N) is 1. The number of methoxy groups -OCH3 is 1. The van der Waals surface area contributed by atoms with Crippen LogP contribution in [0.3, 0.4) is 0 Å². The maximum atomic E-state index is 13.7. The highest BCUT2D eigenvalue weighted by molar-refractivity contribution is 14.1. The Labute approximate surface area is 210 Å². The summed E-state index contributed by atoms with van der Waals surface area (Å²) in [7, 11) is 1.54. The Hall–Kier alpha value is -3.47. The first-order valence-corrected chi connectivity index (χ1v) is 11.4. The lowest BCUT2D eigenvalue weighted by Crippen LogP contribution is -2.34. The van der Waals surface area contributed by atoms with Crippen molar-refractivity contribution < 1.29 is 23.5 Å². The predicted octanol–water partition coefficient (Wildman–Crippen LogP) is 4.74. The Kier molecular flexibility index (Phi) is 8.97. The van der Waals surface area contributed by atoms with Crippen LogP contribution in [0, 0.1) is 15.3 Å². The fourth-order valence-electron chi connectivity index (χ4n) is 2.87. The standard InChI is InChI=1S/C25H23FIN3O4/c1-16(24(31)29-21-11-7-6-10-19(21)26)25(32)30-28-14-18-12-20(27)23(22(13-18)33-2)34-15-17-8-4-3-5-9-17/h3-14,16H,15H2,1-2H3,(H,29,31)(H,30,32). The van der Waals surface area contributed by atoms with E-state index in [0.717, 1.165) is 9.13 Å². The van der Waals surface area contributed by atoms with E-state index < -0.39 is 23.5 Å².